The summed E-state index contributed by atoms with van der Waals surface area (Å²) in [7, 11) is 0. The van der Waals surface area contributed by atoms with Crippen molar-refractivity contribution in [3.63, 3.8) is 0 Å². The first kappa shape index (κ1) is 23.1. The quantitative estimate of drug-likeness (QED) is 0.298. The van der Waals surface area contributed by atoms with E-state index in [0.29, 0.717) is 6.42 Å². The van der Waals surface area contributed by atoms with Gasteiger partial charge in [0.05, 0.1) is 18.2 Å². The number of nitrogens with two attached hydrogens (primary N) is 2. The van der Waals surface area contributed by atoms with Crippen LogP contribution in [0.25, 0.3) is 0 Å². The third kappa shape index (κ3) is 6.60. The Balaban J connectivity index is 2.93. The van der Waals surface area contributed by atoms with E-state index in [4.69, 9.17) is 11.5 Å². The van der Waals surface area contributed by atoms with Crippen molar-refractivity contribution in [1.29, 1.82) is 0 Å². The number of nitrogens with one attached hydrogen (secondary N) is 2. The van der Waals surface area contributed by atoms with Crippen LogP contribution in [-0.4, -0.2) is 58.3 Å². The molecule has 1 rings (SSSR count). The van der Waals surface area contributed by atoms with E-state index in [1.807, 2.05) is 13.8 Å². The minimum atomic E-state index is -1.27. The Hall–Kier alpha value is -1.97. The van der Waals surface area contributed by atoms with Crippen molar-refractivity contribution >= 4 is 17.7 Å². The van der Waals surface area contributed by atoms with E-state index >= 15 is 0 Å². The van der Waals surface area contributed by atoms with Crippen molar-refractivity contribution < 1.29 is 24.6 Å². The lowest BCUT2D eigenvalue weighted by Crippen LogP contribution is -2.55. The normalized spacial score (nSPS) is 24.9. The average Bonchev–Trinajstić information content (AvgIpc) is 2.56. The number of hydrogen-bond donors (Lipinski definition) is 6. The van der Waals surface area contributed by atoms with Gasteiger partial charge in [0.25, 0.3) is 0 Å². The van der Waals surface area contributed by atoms with Crippen molar-refractivity contribution in [2.45, 2.75) is 70.9 Å². The van der Waals surface area contributed by atoms with Gasteiger partial charge in [-0.05, 0) is 18.3 Å². The molecule has 1 aliphatic carbocycles. The van der Waals surface area contributed by atoms with Crippen molar-refractivity contribution in [3.05, 3.63) is 11.6 Å². The summed E-state index contributed by atoms with van der Waals surface area (Å²) in [6.45, 7) is 7.35. The second kappa shape index (κ2) is 9.82. The van der Waals surface area contributed by atoms with Crippen LogP contribution in [0, 0.1) is 11.8 Å². The topological polar surface area (TPSA) is 168 Å². The van der Waals surface area contributed by atoms with E-state index in [0.717, 1.165) is 0 Å². The molecule has 0 radical (unpaired) electrons. The predicted molar refractivity (Wildman–Crippen MR) is 100 cm³/mol. The zero-order valence-electron chi connectivity index (χ0n) is 16.3. The van der Waals surface area contributed by atoms with Gasteiger partial charge in [-0.15, -0.1) is 0 Å². The maximum atomic E-state index is 12.5. The van der Waals surface area contributed by atoms with Crippen LogP contribution in [0.3, 0.4) is 0 Å². The van der Waals surface area contributed by atoms with Gasteiger partial charge in [0.1, 0.15) is 12.1 Å². The molecule has 27 heavy (non-hydrogen) atoms. The number of carbonyl (C=O) groups is 3. The molecule has 8 N–H and O–H groups in total. The smallest absolute Gasteiger partial charge is 0.247 e. The monoisotopic (exact) mass is 384 g/mol. The molecule has 0 saturated heterocycles. The molecular formula is C18H32N4O5. The summed E-state index contributed by atoms with van der Waals surface area (Å²) >= 11 is 0. The van der Waals surface area contributed by atoms with Crippen LogP contribution in [0.15, 0.2) is 11.6 Å². The lowest BCUT2D eigenvalue weighted by atomic mass is 9.89. The second-order valence-corrected chi connectivity index (χ2v) is 7.82. The average molecular weight is 384 g/mol. The Morgan fingerprint density at radius 2 is 1.81 bits per heavy atom. The summed E-state index contributed by atoms with van der Waals surface area (Å²) in [6.07, 6.45) is -0.863. The molecule has 3 amide bonds. The molecule has 5 atom stereocenters. The van der Waals surface area contributed by atoms with E-state index in [9.17, 15) is 24.6 Å². The third-order valence-electron chi connectivity index (χ3n) is 4.55. The van der Waals surface area contributed by atoms with Gasteiger partial charge >= 0.3 is 0 Å². The fraction of sp³-hybridized carbons (Fsp3) is 0.722. The minimum Gasteiger partial charge on any atom is -0.390 e. The van der Waals surface area contributed by atoms with Crippen molar-refractivity contribution in [2.24, 2.45) is 23.3 Å². The summed E-state index contributed by atoms with van der Waals surface area (Å²) in [5.41, 5.74) is 11.3. The standard InChI is InChI=1S/C18H32N4O5/c1-8(2)5-12(16(20)25)22-17(26)10-6-11(15(24)13(23)7-10)21-18(27)14(19)9(3)4/h6,8-9,11-15,23-24H,5,7,19H2,1-4H3,(H2,20,25)(H,21,27)(H,22,26). The van der Waals surface area contributed by atoms with E-state index in [1.54, 1.807) is 13.8 Å². The zero-order chi connectivity index (χ0) is 20.9. The van der Waals surface area contributed by atoms with Crippen LogP contribution in [0.5, 0.6) is 0 Å². The zero-order valence-corrected chi connectivity index (χ0v) is 16.3. The molecule has 9 heteroatoms. The molecule has 0 spiro atoms. The minimum absolute atomic E-state index is 0.108. The number of rotatable bonds is 8. The van der Waals surface area contributed by atoms with Crippen LogP contribution in [0.1, 0.15) is 40.5 Å². The highest BCUT2D eigenvalue weighted by Crippen LogP contribution is 2.20. The van der Waals surface area contributed by atoms with Gasteiger partial charge in [-0.3, -0.25) is 14.4 Å². The Bertz CT molecular complexity index is 590. The summed E-state index contributed by atoms with van der Waals surface area (Å²) in [5, 5.41) is 25.3. The largest absolute Gasteiger partial charge is 0.390 e. The fourth-order valence-electron chi connectivity index (χ4n) is 2.80. The molecule has 0 bridgehead atoms. The van der Waals surface area contributed by atoms with Gasteiger partial charge in [0, 0.05) is 12.0 Å². The van der Waals surface area contributed by atoms with Gasteiger partial charge in [0.15, 0.2) is 0 Å². The Morgan fingerprint density at radius 1 is 1.22 bits per heavy atom. The predicted octanol–water partition coefficient (Wildman–Crippen LogP) is -1.48. The maximum absolute atomic E-state index is 12.5. The van der Waals surface area contributed by atoms with E-state index in [2.05, 4.69) is 10.6 Å². The molecule has 0 saturated carbocycles. The van der Waals surface area contributed by atoms with Crippen LogP contribution < -0.4 is 22.1 Å². The fourth-order valence-corrected chi connectivity index (χ4v) is 2.80. The third-order valence-corrected chi connectivity index (χ3v) is 4.55. The first-order chi connectivity index (χ1) is 12.4. The lowest BCUT2D eigenvalue weighted by Gasteiger charge is -2.32. The summed E-state index contributed by atoms with van der Waals surface area (Å²) in [6, 6.07) is -2.60. The van der Waals surface area contributed by atoms with Crippen molar-refractivity contribution in [2.75, 3.05) is 0 Å². The molecule has 0 aliphatic heterocycles. The van der Waals surface area contributed by atoms with Crippen LogP contribution >= 0.6 is 0 Å². The number of amides is 3. The number of hydrogen-bond acceptors (Lipinski definition) is 6. The van der Waals surface area contributed by atoms with Crippen LogP contribution in [0.2, 0.25) is 0 Å². The molecule has 154 valence electrons. The molecule has 5 unspecified atom stereocenters. The van der Waals surface area contributed by atoms with Gasteiger partial charge in [-0.1, -0.05) is 33.8 Å². The summed E-state index contributed by atoms with van der Waals surface area (Å²) in [4.78, 5) is 36.2. The van der Waals surface area contributed by atoms with E-state index in [-0.39, 0.29) is 23.8 Å². The molecule has 0 fully saturated rings. The second-order valence-electron chi connectivity index (χ2n) is 7.82. The molecule has 0 heterocycles. The van der Waals surface area contributed by atoms with Gasteiger partial charge in [-0.25, -0.2) is 0 Å². The highest BCUT2D eigenvalue weighted by atomic mass is 16.3. The molecular weight excluding hydrogens is 352 g/mol. The molecule has 1 aliphatic rings. The Kier molecular flexibility index (Phi) is 8.39. The van der Waals surface area contributed by atoms with Crippen molar-refractivity contribution in [3.8, 4) is 0 Å². The summed E-state index contributed by atoms with van der Waals surface area (Å²) in [5.74, 6) is -1.69. The SMILES string of the molecule is CC(C)CC(NC(=O)C1=CC(NC(=O)C(N)C(C)C)C(O)C(O)C1)C(N)=O. The maximum Gasteiger partial charge on any atom is 0.247 e. The van der Waals surface area contributed by atoms with Gasteiger partial charge in [-0.2, -0.15) is 0 Å². The first-order valence-electron chi connectivity index (χ1n) is 9.17. The Labute approximate surface area is 159 Å². The Morgan fingerprint density at radius 3 is 2.30 bits per heavy atom. The van der Waals surface area contributed by atoms with Crippen LogP contribution in [0.4, 0.5) is 0 Å². The van der Waals surface area contributed by atoms with E-state index < -0.39 is 48.1 Å². The molecule has 0 aromatic rings. The van der Waals surface area contributed by atoms with Gasteiger partial charge in [0.2, 0.25) is 17.7 Å². The number of aliphatic hydroxyl groups excluding tert-OH is 2. The highest BCUT2D eigenvalue weighted by molar-refractivity contribution is 5.97. The van der Waals surface area contributed by atoms with Crippen molar-refractivity contribution in [1.82, 2.24) is 10.6 Å². The number of carbonyl (C=O) groups excluding carboxylic acids is 3. The lowest BCUT2D eigenvalue weighted by molar-refractivity contribution is -0.126. The molecule has 0 aromatic heterocycles. The van der Waals surface area contributed by atoms with Crippen LogP contribution in [-0.2, 0) is 14.4 Å². The van der Waals surface area contributed by atoms with E-state index in [1.165, 1.54) is 6.08 Å². The molecule has 0 aromatic carbocycles. The number of primary amides is 1. The molecule has 9 nitrogen and oxygen atoms in total. The first-order valence-corrected chi connectivity index (χ1v) is 9.17. The number of aliphatic hydroxyl groups is 2. The highest BCUT2D eigenvalue weighted by Gasteiger charge is 2.35. The van der Waals surface area contributed by atoms with Gasteiger partial charge < -0.3 is 32.3 Å². The summed E-state index contributed by atoms with van der Waals surface area (Å²) < 4.78 is 0.